The third-order valence-corrected chi connectivity index (χ3v) is 7.73. The van der Waals surface area contributed by atoms with Crippen molar-refractivity contribution in [3.63, 3.8) is 0 Å². The Morgan fingerprint density at radius 1 is 0.500 bits per heavy atom. The first-order valence-corrected chi connectivity index (χ1v) is 12.5. The molecule has 0 aliphatic carbocycles. The van der Waals surface area contributed by atoms with Crippen molar-refractivity contribution in [1.82, 2.24) is 0 Å². The van der Waals surface area contributed by atoms with Crippen LogP contribution in [0.1, 0.15) is 22.6 Å². The minimum Gasteiger partial charge on any atom is -0.506 e. The summed E-state index contributed by atoms with van der Waals surface area (Å²) < 4.78 is 1.40. The van der Waals surface area contributed by atoms with Crippen molar-refractivity contribution < 1.29 is 25.5 Å². The largest absolute Gasteiger partial charge is 0.506 e. The second kappa shape index (κ2) is 8.70. The molecule has 34 heavy (non-hydrogen) atoms. The summed E-state index contributed by atoms with van der Waals surface area (Å²) >= 11 is 4.20. The van der Waals surface area contributed by atoms with Gasteiger partial charge in [-0.05, 0) is 96.9 Å². The first kappa shape index (κ1) is 22.9. The fourth-order valence-electron chi connectivity index (χ4n) is 4.49. The zero-order valence-electron chi connectivity index (χ0n) is 17.5. The molecule has 0 fully saturated rings. The minimum absolute atomic E-state index is 0.187. The van der Waals surface area contributed by atoms with Gasteiger partial charge in [0, 0.05) is 16.7 Å². The van der Waals surface area contributed by atoms with Crippen LogP contribution in [-0.2, 0) is 0 Å². The van der Waals surface area contributed by atoms with Crippen LogP contribution in [0.5, 0.6) is 28.7 Å². The van der Waals surface area contributed by atoms with E-state index in [1.807, 2.05) is 36.4 Å². The Morgan fingerprint density at radius 3 is 1.38 bits per heavy atom. The first-order chi connectivity index (χ1) is 16.3. The van der Waals surface area contributed by atoms with Crippen LogP contribution < -0.4 is 0 Å². The van der Waals surface area contributed by atoms with Crippen molar-refractivity contribution in [3.8, 4) is 28.7 Å². The van der Waals surface area contributed by atoms with E-state index in [9.17, 15) is 25.5 Å². The SMILES string of the molecule is Oc1ccc2c(C(c3cc(I)c(O)c(I)c3)c3cccc4c(O)c(O)ccc34)cccc2c1O. The molecule has 0 unspecified atom stereocenters. The van der Waals surface area contributed by atoms with Gasteiger partial charge in [-0.1, -0.05) is 48.5 Å². The number of aromatic hydroxyl groups is 5. The van der Waals surface area contributed by atoms with E-state index in [4.69, 9.17) is 0 Å². The van der Waals surface area contributed by atoms with E-state index in [2.05, 4.69) is 45.2 Å². The minimum atomic E-state index is -0.345. The third-order valence-electron chi connectivity index (χ3n) is 6.09. The molecular formula is C27H18I2O5. The van der Waals surface area contributed by atoms with E-state index in [1.54, 1.807) is 24.3 Å². The Hall–Kier alpha value is -2.92. The maximum Gasteiger partial charge on any atom is 0.165 e. The monoisotopic (exact) mass is 676 g/mol. The fraction of sp³-hybridized carbons (Fsp3) is 0.0370. The zero-order chi connectivity index (χ0) is 24.1. The van der Waals surface area contributed by atoms with Gasteiger partial charge in [-0.2, -0.15) is 0 Å². The second-order valence-electron chi connectivity index (χ2n) is 8.02. The normalized spacial score (nSPS) is 11.5. The van der Waals surface area contributed by atoms with E-state index in [1.165, 1.54) is 12.1 Å². The van der Waals surface area contributed by atoms with Crippen LogP contribution >= 0.6 is 45.2 Å². The summed E-state index contributed by atoms with van der Waals surface area (Å²) in [6, 6.07) is 21.4. The van der Waals surface area contributed by atoms with Crippen LogP contribution in [0.15, 0.2) is 72.8 Å². The van der Waals surface area contributed by atoms with Crippen LogP contribution in [0.3, 0.4) is 0 Å². The molecular weight excluding hydrogens is 658 g/mol. The number of benzene rings is 5. The fourth-order valence-corrected chi connectivity index (χ4v) is 6.31. The lowest BCUT2D eigenvalue weighted by Gasteiger charge is -2.24. The van der Waals surface area contributed by atoms with Crippen LogP contribution in [0.4, 0.5) is 0 Å². The van der Waals surface area contributed by atoms with Gasteiger partial charge >= 0.3 is 0 Å². The van der Waals surface area contributed by atoms with Gasteiger partial charge in [-0.15, -0.1) is 0 Å². The highest BCUT2D eigenvalue weighted by Crippen LogP contribution is 2.45. The molecule has 5 aromatic rings. The molecule has 0 radical (unpaired) electrons. The third kappa shape index (κ3) is 3.67. The van der Waals surface area contributed by atoms with E-state index in [-0.39, 0.29) is 34.7 Å². The summed E-state index contributed by atoms with van der Waals surface area (Å²) in [5.74, 6) is -0.893. The molecule has 0 aliphatic heterocycles. The van der Waals surface area contributed by atoms with Crippen molar-refractivity contribution >= 4 is 66.7 Å². The maximum atomic E-state index is 10.5. The van der Waals surface area contributed by atoms with Crippen molar-refractivity contribution in [2.24, 2.45) is 0 Å². The quantitative estimate of drug-likeness (QED) is 0.0813. The number of hydrogen-bond donors (Lipinski definition) is 5. The predicted molar refractivity (Wildman–Crippen MR) is 149 cm³/mol. The lowest BCUT2D eigenvalue weighted by molar-refractivity contribution is 0.408. The van der Waals surface area contributed by atoms with Gasteiger partial charge in [0.2, 0.25) is 0 Å². The molecule has 5 rings (SSSR count). The average molecular weight is 676 g/mol. The van der Waals surface area contributed by atoms with Crippen LogP contribution in [0, 0.1) is 7.14 Å². The molecule has 5 aromatic carbocycles. The van der Waals surface area contributed by atoms with Crippen molar-refractivity contribution in [1.29, 1.82) is 0 Å². The predicted octanol–water partition coefficient (Wildman–Crippen LogP) is 6.91. The van der Waals surface area contributed by atoms with Crippen molar-refractivity contribution in [3.05, 3.63) is 96.6 Å². The van der Waals surface area contributed by atoms with Gasteiger partial charge in [0.15, 0.2) is 23.0 Å². The summed E-state index contributed by atoms with van der Waals surface area (Å²) in [4.78, 5) is 0. The van der Waals surface area contributed by atoms with Crippen LogP contribution in [-0.4, -0.2) is 25.5 Å². The van der Waals surface area contributed by atoms with Gasteiger partial charge in [0.1, 0.15) is 5.75 Å². The van der Waals surface area contributed by atoms with E-state index in [0.717, 1.165) is 27.5 Å². The summed E-state index contributed by atoms with van der Waals surface area (Å²) in [5.41, 5.74) is 2.67. The summed E-state index contributed by atoms with van der Waals surface area (Å²) in [6.45, 7) is 0. The molecule has 0 bridgehead atoms. The van der Waals surface area contributed by atoms with E-state index < -0.39 is 0 Å². The van der Waals surface area contributed by atoms with Gasteiger partial charge < -0.3 is 25.5 Å². The number of halogens is 2. The highest BCUT2D eigenvalue weighted by Gasteiger charge is 2.24. The maximum absolute atomic E-state index is 10.5. The van der Waals surface area contributed by atoms with Crippen molar-refractivity contribution in [2.75, 3.05) is 0 Å². The average Bonchev–Trinajstić information content (AvgIpc) is 2.83. The number of fused-ring (bicyclic) bond motifs is 2. The molecule has 5 N–H and O–H groups in total. The Bertz CT molecular complexity index is 1480. The number of phenolic OH excluding ortho intramolecular Hbond substituents is 5. The number of phenols is 5. The van der Waals surface area contributed by atoms with Gasteiger partial charge in [0.05, 0.1) is 7.14 Å². The standard InChI is InChI=1S/C27H18I2O5/c28-20-11-13(12-21(29)27(20)34)24(16-3-1-5-18-14(16)7-9-22(30)25(18)32)17-4-2-6-19-15(17)8-10-23(31)26(19)33/h1-12,24,30-34H. The Kier molecular flexibility index (Phi) is 5.85. The Morgan fingerprint density at radius 2 is 0.941 bits per heavy atom. The molecule has 0 saturated carbocycles. The highest BCUT2D eigenvalue weighted by atomic mass is 127. The summed E-state index contributed by atoms with van der Waals surface area (Å²) in [6.07, 6.45) is 0. The lowest BCUT2D eigenvalue weighted by atomic mass is 9.80. The summed E-state index contributed by atoms with van der Waals surface area (Å²) in [7, 11) is 0. The zero-order valence-corrected chi connectivity index (χ0v) is 21.8. The molecule has 170 valence electrons. The number of rotatable bonds is 3. The van der Waals surface area contributed by atoms with Crippen LogP contribution in [0.25, 0.3) is 21.5 Å². The van der Waals surface area contributed by atoms with Crippen LogP contribution in [0.2, 0.25) is 0 Å². The Labute approximate surface area is 222 Å². The van der Waals surface area contributed by atoms with Gasteiger partial charge in [-0.25, -0.2) is 0 Å². The second-order valence-corrected chi connectivity index (χ2v) is 10.3. The van der Waals surface area contributed by atoms with Crippen molar-refractivity contribution in [2.45, 2.75) is 5.92 Å². The molecule has 0 heterocycles. The smallest absolute Gasteiger partial charge is 0.165 e. The highest BCUT2D eigenvalue weighted by molar-refractivity contribution is 14.1. The molecule has 0 saturated heterocycles. The van der Waals surface area contributed by atoms with E-state index >= 15 is 0 Å². The van der Waals surface area contributed by atoms with E-state index in [0.29, 0.717) is 17.9 Å². The molecule has 5 nitrogen and oxygen atoms in total. The molecule has 0 aromatic heterocycles. The Balaban J connectivity index is 1.90. The van der Waals surface area contributed by atoms with Gasteiger partial charge in [-0.3, -0.25) is 0 Å². The number of hydrogen-bond acceptors (Lipinski definition) is 5. The molecule has 0 spiro atoms. The summed E-state index contributed by atoms with van der Waals surface area (Å²) in [5, 5.41) is 54.1. The molecule has 7 heteroatoms. The lowest BCUT2D eigenvalue weighted by Crippen LogP contribution is -2.06. The topological polar surface area (TPSA) is 101 Å². The molecule has 0 atom stereocenters. The van der Waals surface area contributed by atoms with Gasteiger partial charge in [0.25, 0.3) is 0 Å². The molecule has 0 aliphatic rings. The molecule has 0 amide bonds. The first-order valence-electron chi connectivity index (χ1n) is 10.3.